The molecule has 1 aliphatic heterocycles. The number of fused-ring (bicyclic) bond motifs is 3. The van der Waals surface area contributed by atoms with Crippen LogP contribution in [0.25, 0.3) is 11.1 Å². The van der Waals surface area contributed by atoms with Gasteiger partial charge >= 0.3 is 12.1 Å². The van der Waals surface area contributed by atoms with Gasteiger partial charge in [-0.3, -0.25) is 0 Å². The molecule has 28 heavy (non-hydrogen) atoms. The van der Waals surface area contributed by atoms with Crippen molar-refractivity contribution in [3.05, 3.63) is 59.7 Å². The van der Waals surface area contributed by atoms with Crippen molar-refractivity contribution >= 4 is 12.1 Å². The minimum Gasteiger partial charge on any atom is -0.479 e. The molecular formula is C22H23NO5. The summed E-state index contributed by atoms with van der Waals surface area (Å²) in [5.41, 5.74) is 4.69. The zero-order valence-corrected chi connectivity index (χ0v) is 15.5. The van der Waals surface area contributed by atoms with Crippen LogP contribution in [0, 0.1) is 0 Å². The second-order valence-corrected chi connectivity index (χ2v) is 7.22. The Labute approximate surface area is 163 Å². The first-order valence-electron chi connectivity index (χ1n) is 9.60. The van der Waals surface area contributed by atoms with Gasteiger partial charge in [-0.15, -0.1) is 0 Å². The largest absolute Gasteiger partial charge is 0.479 e. The Morgan fingerprint density at radius 3 is 2.32 bits per heavy atom. The van der Waals surface area contributed by atoms with Crippen LogP contribution in [0.15, 0.2) is 48.5 Å². The molecule has 2 aliphatic rings. The van der Waals surface area contributed by atoms with E-state index in [-0.39, 0.29) is 25.2 Å². The molecule has 0 aromatic heterocycles. The molecule has 0 radical (unpaired) electrons. The first-order chi connectivity index (χ1) is 13.6. The number of carboxylic acids is 1. The van der Waals surface area contributed by atoms with Gasteiger partial charge in [-0.1, -0.05) is 48.5 Å². The van der Waals surface area contributed by atoms with E-state index >= 15 is 0 Å². The van der Waals surface area contributed by atoms with Gasteiger partial charge in [-0.2, -0.15) is 0 Å². The maximum absolute atomic E-state index is 12.2. The smallest absolute Gasteiger partial charge is 0.407 e. The normalized spacial score (nSPS) is 20.9. The zero-order chi connectivity index (χ0) is 19.5. The van der Waals surface area contributed by atoms with Crippen LogP contribution in [0.4, 0.5) is 4.79 Å². The van der Waals surface area contributed by atoms with Gasteiger partial charge in [-0.05, 0) is 41.5 Å². The van der Waals surface area contributed by atoms with Gasteiger partial charge in [0.2, 0.25) is 0 Å². The molecule has 2 aromatic carbocycles. The number of hydrogen-bond acceptors (Lipinski definition) is 4. The minimum absolute atomic E-state index is 0.0143. The van der Waals surface area contributed by atoms with Gasteiger partial charge in [0.15, 0.2) is 6.10 Å². The quantitative estimate of drug-likeness (QED) is 0.827. The minimum atomic E-state index is -0.953. The molecule has 0 saturated carbocycles. The highest BCUT2D eigenvalue weighted by molar-refractivity contribution is 5.79. The number of benzene rings is 2. The molecule has 0 spiro atoms. The number of carbonyl (C=O) groups is 2. The molecule has 6 heteroatoms. The average molecular weight is 381 g/mol. The van der Waals surface area contributed by atoms with E-state index in [2.05, 4.69) is 29.6 Å². The molecule has 6 nitrogen and oxygen atoms in total. The van der Waals surface area contributed by atoms with E-state index in [9.17, 15) is 9.59 Å². The predicted octanol–water partition coefficient (Wildman–Crippen LogP) is 3.55. The monoisotopic (exact) mass is 381 g/mol. The van der Waals surface area contributed by atoms with Crippen molar-refractivity contribution in [1.29, 1.82) is 0 Å². The SMILES string of the molecule is O=C(NC[C@H]1CCC[C@@H](C(=O)O)O1)OCC1c2ccccc2-c2ccccc21. The molecule has 146 valence electrons. The van der Waals surface area contributed by atoms with Crippen LogP contribution in [0.3, 0.4) is 0 Å². The van der Waals surface area contributed by atoms with Crippen LogP contribution in [-0.4, -0.2) is 42.5 Å². The summed E-state index contributed by atoms with van der Waals surface area (Å²) in [5, 5.41) is 11.8. The van der Waals surface area contributed by atoms with Gasteiger partial charge in [0, 0.05) is 12.5 Å². The third kappa shape index (κ3) is 3.73. The fourth-order valence-corrected chi connectivity index (χ4v) is 4.08. The second kappa shape index (κ2) is 8.02. The summed E-state index contributed by atoms with van der Waals surface area (Å²) in [5.74, 6) is -0.939. The van der Waals surface area contributed by atoms with E-state index in [1.807, 2.05) is 24.3 Å². The van der Waals surface area contributed by atoms with E-state index in [0.717, 1.165) is 24.0 Å². The number of aliphatic carboxylic acids is 1. The third-order valence-electron chi connectivity index (χ3n) is 5.44. The summed E-state index contributed by atoms with van der Waals surface area (Å²) in [4.78, 5) is 23.2. The van der Waals surface area contributed by atoms with Crippen molar-refractivity contribution in [1.82, 2.24) is 5.32 Å². The van der Waals surface area contributed by atoms with Crippen LogP contribution < -0.4 is 5.32 Å². The maximum atomic E-state index is 12.2. The van der Waals surface area contributed by atoms with Gasteiger partial charge in [0.1, 0.15) is 6.61 Å². The predicted molar refractivity (Wildman–Crippen MR) is 103 cm³/mol. The molecule has 1 heterocycles. The fourth-order valence-electron chi connectivity index (χ4n) is 4.08. The zero-order valence-electron chi connectivity index (χ0n) is 15.5. The van der Waals surface area contributed by atoms with Gasteiger partial charge in [0.05, 0.1) is 6.10 Å². The van der Waals surface area contributed by atoms with E-state index < -0.39 is 18.2 Å². The van der Waals surface area contributed by atoms with Gasteiger partial charge in [0.25, 0.3) is 0 Å². The highest BCUT2D eigenvalue weighted by Gasteiger charge is 2.30. The number of hydrogen-bond donors (Lipinski definition) is 2. The Hall–Kier alpha value is -2.86. The van der Waals surface area contributed by atoms with Crippen LogP contribution >= 0.6 is 0 Å². The first-order valence-corrected chi connectivity index (χ1v) is 9.60. The fraction of sp³-hybridized carbons (Fsp3) is 0.364. The molecule has 1 saturated heterocycles. The Bertz CT molecular complexity index is 835. The van der Waals surface area contributed by atoms with Crippen molar-refractivity contribution in [2.45, 2.75) is 37.4 Å². The van der Waals surface area contributed by atoms with Gasteiger partial charge < -0.3 is 19.9 Å². The first kappa shape index (κ1) is 18.5. The van der Waals surface area contributed by atoms with Crippen molar-refractivity contribution in [3.8, 4) is 11.1 Å². The van der Waals surface area contributed by atoms with E-state index in [4.69, 9.17) is 14.6 Å². The standard InChI is InChI=1S/C22H23NO5/c24-21(25)20-11-5-6-14(28-20)12-23-22(26)27-13-19-17-9-3-1-7-15(17)16-8-2-4-10-18(16)19/h1-4,7-10,14,19-20H,5-6,11-13H2,(H,23,26)(H,24,25)/t14-,20+/m1/s1. The number of rotatable bonds is 5. The molecule has 2 aromatic rings. The molecular weight excluding hydrogens is 358 g/mol. The lowest BCUT2D eigenvalue weighted by atomic mass is 9.98. The molecule has 1 amide bonds. The number of amides is 1. The number of alkyl carbamates (subject to hydrolysis) is 1. The summed E-state index contributed by atoms with van der Waals surface area (Å²) in [6.45, 7) is 0.504. The molecule has 1 fully saturated rings. The van der Waals surface area contributed by atoms with E-state index in [0.29, 0.717) is 6.42 Å². The maximum Gasteiger partial charge on any atom is 0.407 e. The Kier molecular flexibility index (Phi) is 5.30. The van der Waals surface area contributed by atoms with Crippen molar-refractivity contribution in [2.24, 2.45) is 0 Å². The summed E-state index contributed by atoms with van der Waals surface area (Å²) in [6.07, 6.45) is 0.416. The molecule has 0 unspecified atom stereocenters. The molecule has 1 aliphatic carbocycles. The van der Waals surface area contributed by atoms with Crippen molar-refractivity contribution in [3.63, 3.8) is 0 Å². The number of nitrogens with one attached hydrogen (secondary N) is 1. The Balaban J connectivity index is 1.33. The van der Waals surface area contributed by atoms with Crippen LogP contribution in [0.5, 0.6) is 0 Å². The van der Waals surface area contributed by atoms with E-state index in [1.165, 1.54) is 11.1 Å². The second-order valence-electron chi connectivity index (χ2n) is 7.22. The summed E-state index contributed by atoms with van der Waals surface area (Å²) >= 11 is 0. The van der Waals surface area contributed by atoms with Crippen LogP contribution in [0.2, 0.25) is 0 Å². The lowest BCUT2D eigenvalue weighted by Crippen LogP contribution is -2.41. The highest BCUT2D eigenvalue weighted by Crippen LogP contribution is 2.44. The molecule has 0 bridgehead atoms. The van der Waals surface area contributed by atoms with Crippen molar-refractivity contribution < 1.29 is 24.2 Å². The lowest BCUT2D eigenvalue weighted by Gasteiger charge is -2.27. The highest BCUT2D eigenvalue weighted by atomic mass is 16.6. The number of carbonyl (C=O) groups excluding carboxylic acids is 1. The topological polar surface area (TPSA) is 84.9 Å². The molecule has 2 atom stereocenters. The molecule has 4 rings (SSSR count). The van der Waals surface area contributed by atoms with Crippen molar-refractivity contribution in [2.75, 3.05) is 13.2 Å². The summed E-state index contributed by atoms with van der Waals surface area (Å²) < 4.78 is 11.0. The molecule has 2 N–H and O–H groups in total. The average Bonchev–Trinajstić information content (AvgIpc) is 3.05. The number of carboxylic acid groups (broad SMARTS) is 1. The van der Waals surface area contributed by atoms with Crippen LogP contribution in [-0.2, 0) is 14.3 Å². The number of ether oxygens (including phenoxy) is 2. The summed E-state index contributed by atoms with van der Waals surface area (Å²) in [6, 6.07) is 16.3. The Morgan fingerprint density at radius 2 is 1.68 bits per heavy atom. The summed E-state index contributed by atoms with van der Waals surface area (Å²) in [7, 11) is 0. The van der Waals surface area contributed by atoms with E-state index in [1.54, 1.807) is 0 Å². The third-order valence-corrected chi connectivity index (χ3v) is 5.44. The van der Waals surface area contributed by atoms with Gasteiger partial charge in [-0.25, -0.2) is 9.59 Å². The Morgan fingerprint density at radius 1 is 1.04 bits per heavy atom. The lowest BCUT2D eigenvalue weighted by molar-refractivity contribution is -0.158. The van der Waals surface area contributed by atoms with Crippen LogP contribution in [0.1, 0.15) is 36.3 Å².